The van der Waals surface area contributed by atoms with Crippen LogP contribution in [0.15, 0.2) is 53.2 Å². The lowest BCUT2D eigenvalue weighted by Gasteiger charge is -2.10. The number of carbonyl (C=O) groups excluding carboxylic acids is 2. The fourth-order valence-corrected chi connectivity index (χ4v) is 5.37. The number of esters is 1. The van der Waals surface area contributed by atoms with Gasteiger partial charge in [-0.25, -0.2) is 17.6 Å². The lowest BCUT2D eigenvalue weighted by atomic mass is 10.1. The number of carbonyl (C=O) groups is 2. The number of nitrogens with zero attached hydrogens (tertiary/aromatic N) is 3. The van der Waals surface area contributed by atoms with Crippen molar-refractivity contribution in [3.63, 3.8) is 0 Å². The standard InChI is InChI=1S/C24H21FN4O6S2/c1-14(2)13-37(32,33)24-28-23(36-29-24)27-21(30)16(12-26)10-15-8-9-19(20(11-15)34-3)35-22(31)17-6-4-5-7-18(17)25/h4-11,14H,13H2,1-3H3,(H,27,28,29,30). The van der Waals surface area contributed by atoms with E-state index in [1.807, 2.05) is 0 Å². The Bertz CT molecular complexity index is 1510. The number of methoxy groups -OCH3 is 1. The molecule has 0 radical (unpaired) electrons. The number of amides is 1. The molecular weight excluding hydrogens is 523 g/mol. The van der Waals surface area contributed by atoms with Gasteiger partial charge in [-0.15, -0.1) is 0 Å². The molecule has 192 valence electrons. The van der Waals surface area contributed by atoms with Crippen molar-refractivity contribution in [2.75, 3.05) is 18.2 Å². The van der Waals surface area contributed by atoms with Crippen molar-refractivity contribution in [3.05, 3.63) is 65.0 Å². The molecule has 0 aliphatic heterocycles. The molecule has 13 heteroatoms. The van der Waals surface area contributed by atoms with E-state index in [0.717, 1.165) is 6.07 Å². The Labute approximate surface area is 216 Å². The van der Waals surface area contributed by atoms with E-state index in [9.17, 15) is 27.7 Å². The van der Waals surface area contributed by atoms with E-state index in [1.165, 1.54) is 49.6 Å². The van der Waals surface area contributed by atoms with E-state index in [4.69, 9.17) is 9.47 Å². The zero-order valence-electron chi connectivity index (χ0n) is 19.9. The van der Waals surface area contributed by atoms with Crippen LogP contribution in [0.5, 0.6) is 11.5 Å². The minimum absolute atomic E-state index is 0.000131. The molecule has 0 fully saturated rings. The van der Waals surface area contributed by atoms with Gasteiger partial charge in [-0.05, 0) is 41.8 Å². The van der Waals surface area contributed by atoms with Crippen molar-refractivity contribution in [3.8, 4) is 17.6 Å². The SMILES string of the molecule is COc1cc(C=C(C#N)C(=O)Nc2nc(S(=O)(=O)CC(C)C)ns2)ccc1OC(=O)c1ccccc1F. The van der Waals surface area contributed by atoms with E-state index >= 15 is 0 Å². The molecule has 0 spiro atoms. The Morgan fingerprint density at radius 1 is 1.22 bits per heavy atom. The third-order valence-corrected chi connectivity index (χ3v) is 7.21. The van der Waals surface area contributed by atoms with Gasteiger partial charge in [0.2, 0.25) is 15.0 Å². The van der Waals surface area contributed by atoms with Crippen LogP contribution in [0.3, 0.4) is 0 Å². The number of nitriles is 1. The third kappa shape index (κ3) is 6.96. The number of sulfone groups is 1. The van der Waals surface area contributed by atoms with Crippen LogP contribution in [0.1, 0.15) is 29.8 Å². The normalized spacial score (nSPS) is 11.6. The van der Waals surface area contributed by atoms with Crippen LogP contribution in [0, 0.1) is 23.1 Å². The predicted molar refractivity (Wildman–Crippen MR) is 133 cm³/mol. The first kappa shape index (κ1) is 27.4. The topological polar surface area (TPSA) is 148 Å². The molecule has 0 saturated heterocycles. The van der Waals surface area contributed by atoms with Gasteiger partial charge in [0.15, 0.2) is 11.5 Å². The highest BCUT2D eigenvalue weighted by atomic mass is 32.2. The average molecular weight is 545 g/mol. The van der Waals surface area contributed by atoms with Crippen LogP contribution < -0.4 is 14.8 Å². The number of benzene rings is 2. The zero-order chi connectivity index (χ0) is 27.2. The van der Waals surface area contributed by atoms with Gasteiger partial charge in [0.05, 0.1) is 18.4 Å². The lowest BCUT2D eigenvalue weighted by molar-refractivity contribution is -0.112. The number of anilines is 1. The molecule has 0 unspecified atom stereocenters. The first-order valence-electron chi connectivity index (χ1n) is 10.7. The van der Waals surface area contributed by atoms with Crippen LogP contribution in [-0.2, 0) is 14.6 Å². The minimum Gasteiger partial charge on any atom is -0.493 e. The molecule has 1 N–H and O–H groups in total. The van der Waals surface area contributed by atoms with Gasteiger partial charge in [0, 0.05) is 11.5 Å². The van der Waals surface area contributed by atoms with Crippen molar-refractivity contribution >= 4 is 44.5 Å². The van der Waals surface area contributed by atoms with Gasteiger partial charge in [0.1, 0.15) is 17.5 Å². The highest BCUT2D eigenvalue weighted by Gasteiger charge is 2.23. The van der Waals surface area contributed by atoms with Crippen LogP contribution in [0.25, 0.3) is 6.08 Å². The van der Waals surface area contributed by atoms with Crippen molar-refractivity contribution in [2.24, 2.45) is 5.92 Å². The highest BCUT2D eigenvalue weighted by molar-refractivity contribution is 7.91. The van der Waals surface area contributed by atoms with Crippen LogP contribution in [0.4, 0.5) is 9.52 Å². The first-order chi connectivity index (χ1) is 17.5. The second kappa shape index (κ2) is 11.7. The van der Waals surface area contributed by atoms with Crippen LogP contribution in [0.2, 0.25) is 0 Å². The maximum Gasteiger partial charge on any atom is 0.346 e. The maximum atomic E-state index is 13.9. The van der Waals surface area contributed by atoms with Gasteiger partial charge in [-0.1, -0.05) is 32.0 Å². The van der Waals surface area contributed by atoms with Crippen molar-refractivity contribution in [1.82, 2.24) is 9.36 Å². The number of hydrogen-bond donors (Lipinski definition) is 1. The molecule has 0 bridgehead atoms. The molecule has 0 aliphatic rings. The second-order valence-electron chi connectivity index (χ2n) is 7.96. The summed E-state index contributed by atoms with van der Waals surface area (Å²) < 4.78 is 52.7. The first-order valence-corrected chi connectivity index (χ1v) is 13.1. The summed E-state index contributed by atoms with van der Waals surface area (Å²) in [6, 6.07) is 11.3. The largest absolute Gasteiger partial charge is 0.493 e. The average Bonchev–Trinajstić information content (AvgIpc) is 3.32. The number of ether oxygens (including phenoxy) is 2. The van der Waals surface area contributed by atoms with E-state index in [2.05, 4.69) is 14.7 Å². The van der Waals surface area contributed by atoms with Gasteiger partial charge >= 0.3 is 5.97 Å². The van der Waals surface area contributed by atoms with Gasteiger partial charge in [-0.3, -0.25) is 10.1 Å². The molecule has 1 amide bonds. The van der Waals surface area contributed by atoms with E-state index in [-0.39, 0.29) is 39.4 Å². The molecule has 10 nitrogen and oxygen atoms in total. The molecule has 3 aromatic rings. The molecule has 0 aliphatic carbocycles. The van der Waals surface area contributed by atoms with Crippen LogP contribution >= 0.6 is 11.5 Å². The highest BCUT2D eigenvalue weighted by Crippen LogP contribution is 2.30. The van der Waals surface area contributed by atoms with Crippen molar-refractivity contribution in [1.29, 1.82) is 5.26 Å². The van der Waals surface area contributed by atoms with E-state index in [1.54, 1.807) is 19.9 Å². The Morgan fingerprint density at radius 2 is 1.95 bits per heavy atom. The van der Waals surface area contributed by atoms with Crippen LogP contribution in [-0.4, -0.2) is 42.5 Å². The summed E-state index contributed by atoms with van der Waals surface area (Å²) in [6.07, 6.45) is 1.25. The fourth-order valence-electron chi connectivity index (χ4n) is 3.02. The Hall–Kier alpha value is -4.15. The summed E-state index contributed by atoms with van der Waals surface area (Å²) in [5.74, 6) is -2.68. The molecule has 0 saturated carbocycles. The predicted octanol–water partition coefficient (Wildman–Crippen LogP) is 3.88. The number of halogens is 1. The summed E-state index contributed by atoms with van der Waals surface area (Å²) in [6.45, 7) is 3.48. The maximum absolute atomic E-state index is 13.9. The Kier molecular flexibility index (Phi) is 8.69. The Morgan fingerprint density at radius 3 is 2.59 bits per heavy atom. The molecule has 2 aromatic carbocycles. The molecule has 3 rings (SSSR count). The summed E-state index contributed by atoms with van der Waals surface area (Å²) >= 11 is 0.675. The van der Waals surface area contributed by atoms with Gasteiger partial charge in [0.25, 0.3) is 11.1 Å². The zero-order valence-corrected chi connectivity index (χ0v) is 21.5. The second-order valence-corrected chi connectivity index (χ2v) is 10.6. The minimum atomic E-state index is -3.70. The molecule has 1 heterocycles. The Balaban J connectivity index is 1.77. The summed E-state index contributed by atoms with van der Waals surface area (Å²) in [4.78, 5) is 28.8. The summed E-state index contributed by atoms with van der Waals surface area (Å²) in [5, 5.41) is 11.4. The van der Waals surface area contributed by atoms with Crippen molar-refractivity contribution < 1.29 is 31.9 Å². The van der Waals surface area contributed by atoms with E-state index in [0.29, 0.717) is 17.1 Å². The summed E-state index contributed by atoms with van der Waals surface area (Å²) in [7, 11) is -2.38. The number of aromatic nitrogens is 2. The van der Waals surface area contributed by atoms with Crippen molar-refractivity contribution in [2.45, 2.75) is 19.0 Å². The number of hydrogen-bond acceptors (Lipinski definition) is 10. The van der Waals surface area contributed by atoms with Gasteiger partial charge < -0.3 is 9.47 Å². The quantitative estimate of drug-likeness (QED) is 0.183. The third-order valence-electron chi connectivity index (χ3n) is 4.62. The van der Waals surface area contributed by atoms with E-state index < -0.39 is 32.7 Å². The molecular formula is C24H21FN4O6S2. The molecule has 37 heavy (non-hydrogen) atoms. The molecule has 1 aromatic heterocycles. The smallest absolute Gasteiger partial charge is 0.346 e. The monoisotopic (exact) mass is 544 g/mol. The number of rotatable bonds is 9. The fraction of sp³-hybridized carbons (Fsp3) is 0.208. The lowest BCUT2D eigenvalue weighted by Crippen LogP contribution is -2.15. The molecule has 0 atom stereocenters. The number of nitrogens with one attached hydrogen (secondary N) is 1. The summed E-state index contributed by atoms with van der Waals surface area (Å²) in [5.41, 5.74) is -0.222. The van der Waals surface area contributed by atoms with Gasteiger partial charge in [-0.2, -0.15) is 14.6 Å².